The van der Waals surface area contributed by atoms with Crippen LogP contribution in [0.15, 0.2) is 60.0 Å². The standard InChI is InChI=1S/C22H20N4OS2/c1-14-2-9-18-19(12-14)29-21(25-18)15-3-5-16(6-4-15)24-20(27)13-28-22-23-10-11-26(22)17-7-8-17/h2-6,9-12,17H,7-8,13H2,1H3,(H,24,27). The van der Waals surface area contributed by atoms with Gasteiger partial charge in [-0.3, -0.25) is 4.79 Å². The van der Waals surface area contributed by atoms with E-state index in [9.17, 15) is 4.79 Å². The Kier molecular flexibility index (Phi) is 4.85. The molecule has 1 amide bonds. The predicted octanol–water partition coefficient (Wildman–Crippen LogP) is 5.53. The maximum atomic E-state index is 12.3. The first kappa shape index (κ1) is 18.4. The highest BCUT2D eigenvalue weighted by Crippen LogP contribution is 2.37. The van der Waals surface area contributed by atoms with Crippen LogP contribution in [0.3, 0.4) is 0 Å². The highest BCUT2D eigenvalue weighted by atomic mass is 32.2. The van der Waals surface area contributed by atoms with Crippen LogP contribution in [0, 0.1) is 6.92 Å². The Hall–Kier alpha value is -2.64. The topological polar surface area (TPSA) is 59.8 Å². The van der Waals surface area contributed by atoms with Crippen molar-refractivity contribution in [3.63, 3.8) is 0 Å². The van der Waals surface area contributed by atoms with E-state index in [2.05, 4.69) is 40.0 Å². The molecule has 1 N–H and O–H groups in total. The minimum Gasteiger partial charge on any atom is -0.325 e. The van der Waals surface area contributed by atoms with Crippen LogP contribution >= 0.6 is 23.1 Å². The smallest absolute Gasteiger partial charge is 0.234 e. The summed E-state index contributed by atoms with van der Waals surface area (Å²) in [7, 11) is 0. The fourth-order valence-electron chi connectivity index (χ4n) is 3.22. The van der Waals surface area contributed by atoms with Crippen LogP contribution in [0.25, 0.3) is 20.8 Å². The normalized spacial score (nSPS) is 13.7. The summed E-state index contributed by atoms with van der Waals surface area (Å²) in [6, 6.07) is 14.8. The van der Waals surface area contributed by atoms with Crippen molar-refractivity contribution in [2.75, 3.05) is 11.1 Å². The molecule has 29 heavy (non-hydrogen) atoms. The van der Waals surface area contributed by atoms with E-state index in [0.29, 0.717) is 11.8 Å². The number of anilines is 1. The molecule has 1 saturated carbocycles. The van der Waals surface area contributed by atoms with Crippen molar-refractivity contribution < 1.29 is 4.79 Å². The van der Waals surface area contributed by atoms with Gasteiger partial charge in [-0.15, -0.1) is 11.3 Å². The van der Waals surface area contributed by atoms with Crippen LogP contribution in [0.2, 0.25) is 0 Å². The largest absolute Gasteiger partial charge is 0.325 e. The van der Waals surface area contributed by atoms with Crippen LogP contribution in [0.5, 0.6) is 0 Å². The number of nitrogens with one attached hydrogen (secondary N) is 1. The quantitative estimate of drug-likeness (QED) is 0.416. The Morgan fingerprint density at radius 2 is 2.07 bits per heavy atom. The van der Waals surface area contributed by atoms with Gasteiger partial charge >= 0.3 is 0 Å². The summed E-state index contributed by atoms with van der Waals surface area (Å²) >= 11 is 3.17. The molecule has 1 aliphatic carbocycles. The van der Waals surface area contributed by atoms with Gasteiger partial charge in [0.25, 0.3) is 0 Å². The second kappa shape index (κ2) is 7.65. The van der Waals surface area contributed by atoms with Gasteiger partial charge in [-0.2, -0.15) is 0 Å². The third kappa shape index (κ3) is 4.06. The van der Waals surface area contributed by atoms with Crippen LogP contribution < -0.4 is 5.32 Å². The number of benzene rings is 2. The van der Waals surface area contributed by atoms with Crippen LogP contribution in [-0.2, 0) is 4.79 Å². The van der Waals surface area contributed by atoms with E-state index in [4.69, 9.17) is 4.98 Å². The molecule has 0 spiro atoms. The molecule has 1 fully saturated rings. The molecule has 0 bridgehead atoms. The lowest BCUT2D eigenvalue weighted by Crippen LogP contribution is -2.14. The molecule has 7 heteroatoms. The Bertz CT molecular complexity index is 1180. The lowest BCUT2D eigenvalue weighted by Gasteiger charge is -2.07. The maximum Gasteiger partial charge on any atom is 0.234 e. The Morgan fingerprint density at radius 1 is 1.24 bits per heavy atom. The van der Waals surface area contributed by atoms with Crippen molar-refractivity contribution in [3.8, 4) is 10.6 Å². The van der Waals surface area contributed by atoms with Gasteiger partial charge in [0.1, 0.15) is 5.01 Å². The molecule has 5 nitrogen and oxygen atoms in total. The lowest BCUT2D eigenvalue weighted by atomic mass is 10.2. The number of fused-ring (bicyclic) bond motifs is 1. The van der Waals surface area contributed by atoms with Crippen molar-refractivity contribution in [2.24, 2.45) is 0 Å². The summed E-state index contributed by atoms with van der Waals surface area (Å²) in [5.41, 5.74) is 4.11. The average Bonchev–Trinajstić information content (AvgIpc) is 3.30. The molecule has 5 rings (SSSR count). The van der Waals surface area contributed by atoms with E-state index >= 15 is 0 Å². The number of rotatable bonds is 6. The fraction of sp³-hybridized carbons (Fsp3) is 0.227. The number of thioether (sulfide) groups is 1. The number of carbonyl (C=O) groups excluding carboxylic acids is 1. The average molecular weight is 421 g/mol. The van der Waals surface area contributed by atoms with E-state index in [1.54, 1.807) is 17.5 Å². The minimum absolute atomic E-state index is 0.0245. The molecule has 0 aliphatic heterocycles. The SMILES string of the molecule is Cc1ccc2nc(-c3ccc(NC(=O)CSc4nccn4C4CC4)cc3)sc2c1. The van der Waals surface area contributed by atoms with E-state index in [-0.39, 0.29) is 5.91 Å². The molecule has 146 valence electrons. The second-order valence-corrected chi connectivity index (χ2v) is 9.23. The number of hydrogen-bond donors (Lipinski definition) is 1. The first-order valence-corrected chi connectivity index (χ1v) is 11.4. The number of hydrogen-bond acceptors (Lipinski definition) is 5. The summed E-state index contributed by atoms with van der Waals surface area (Å²) < 4.78 is 3.37. The summed E-state index contributed by atoms with van der Waals surface area (Å²) in [6.07, 6.45) is 6.22. The molecule has 0 saturated heterocycles. The molecule has 2 aromatic carbocycles. The van der Waals surface area contributed by atoms with Gasteiger partial charge < -0.3 is 9.88 Å². The number of aromatic nitrogens is 3. The van der Waals surface area contributed by atoms with E-state index in [0.717, 1.165) is 26.9 Å². The second-order valence-electron chi connectivity index (χ2n) is 7.25. The van der Waals surface area contributed by atoms with Crippen molar-refractivity contribution in [2.45, 2.75) is 31.0 Å². The fourth-order valence-corrected chi connectivity index (χ4v) is 5.12. The van der Waals surface area contributed by atoms with Crippen molar-refractivity contribution in [3.05, 3.63) is 60.4 Å². The van der Waals surface area contributed by atoms with Crippen LogP contribution in [0.4, 0.5) is 5.69 Å². The molecule has 2 heterocycles. The Morgan fingerprint density at radius 3 is 2.86 bits per heavy atom. The van der Waals surface area contributed by atoms with Gasteiger partial charge in [0, 0.05) is 29.7 Å². The minimum atomic E-state index is -0.0245. The molecule has 1 aliphatic rings. The maximum absolute atomic E-state index is 12.3. The third-order valence-electron chi connectivity index (χ3n) is 4.87. The Balaban J connectivity index is 1.22. The van der Waals surface area contributed by atoms with Gasteiger partial charge in [0.05, 0.1) is 16.0 Å². The van der Waals surface area contributed by atoms with E-state index in [1.165, 1.54) is 34.9 Å². The monoisotopic (exact) mass is 420 g/mol. The highest BCUT2D eigenvalue weighted by Gasteiger charge is 2.25. The number of amides is 1. The van der Waals surface area contributed by atoms with Gasteiger partial charge in [-0.25, -0.2) is 9.97 Å². The third-order valence-corrected chi connectivity index (χ3v) is 6.91. The number of aryl methyl sites for hydroxylation is 1. The predicted molar refractivity (Wildman–Crippen MR) is 120 cm³/mol. The zero-order chi connectivity index (χ0) is 19.8. The molecule has 0 unspecified atom stereocenters. The van der Waals surface area contributed by atoms with Crippen LogP contribution in [-0.4, -0.2) is 26.2 Å². The highest BCUT2D eigenvalue weighted by molar-refractivity contribution is 7.99. The van der Waals surface area contributed by atoms with E-state index in [1.807, 2.05) is 30.5 Å². The molecule has 0 radical (unpaired) electrons. The van der Waals surface area contributed by atoms with Gasteiger partial charge in [-0.1, -0.05) is 17.8 Å². The summed E-state index contributed by atoms with van der Waals surface area (Å²) in [5, 5.41) is 4.88. The molecule has 0 atom stereocenters. The number of carbonyl (C=O) groups is 1. The summed E-state index contributed by atoms with van der Waals surface area (Å²) in [6.45, 7) is 2.09. The van der Waals surface area contributed by atoms with Gasteiger partial charge in [0.15, 0.2) is 5.16 Å². The Labute approximate surface area is 177 Å². The number of nitrogens with zero attached hydrogens (tertiary/aromatic N) is 3. The van der Waals surface area contributed by atoms with Crippen molar-refractivity contribution >= 4 is 44.9 Å². The lowest BCUT2D eigenvalue weighted by molar-refractivity contribution is -0.113. The molecular formula is C22H20N4OS2. The van der Waals surface area contributed by atoms with Gasteiger partial charge in [-0.05, 0) is 61.7 Å². The van der Waals surface area contributed by atoms with Crippen molar-refractivity contribution in [1.82, 2.24) is 14.5 Å². The first-order chi connectivity index (χ1) is 14.2. The summed E-state index contributed by atoms with van der Waals surface area (Å²) in [4.78, 5) is 21.4. The molecule has 2 aromatic heterocycles. The zero-order valence-electron chi connectivity index (χ0n) is 16.0. The number of thiazole rings is 1. The molecule has 4 aromatic rings. The van der Waals surface area contributed by atoms with Gasteiger partial charge in [0.2, 0.25) is 5.91 Å². The first-order valence-electron chi connectivity index (χ1n) is 9.59. The number of imidazole rings is 1. The van der Waals surface area contributed by atoms with E-state index < -0.39 is 0 Å². The zero-order valence-corrected chi connectivity index (χ0v) is 17.6. The molecular weight excluding hydrogens is 400 g/mol. The van der Waals surface area contributed by atoms with Crippen LogP contribution in [0.1, 0.15) is 24.4 Å². The summed E-state index contributed by atoms with van der Waals surface area (Å²) in [5.74, 6) is 0.325. The van der Waals surface area contributed by atoms with Crippen molar-refractivity contribution in [1.29, 1.82) is 0 Å².